The fraction of sp³-hybridized carbons (Fsp3) is 0.591. The number of hydrogen-bond donors (Lipinski definition) is 2. The highest BCUT2D eigenvalue weighted by Crippen LogP contribution is 2.51. The van der Waals surface area contributed by atoms with E-state index in [1.807, 2.05) is 30.3 Å². The minimum absolute atomic E-state index is 0.0263. The number of aromatic amines is 1. The molecule has 2 saturated carbocycles. The van der Waals surface area contributed by atoms with E-state index in [1.165, 1.54) is 44.9 Å². The smallest absolute Gasteiger partial charge is 0.267 e. The molecule has 3 heteroatoms. The molecule has 2 atom stereocenters. The number of para-hydroxylation sites is 1. The molecule has 2 unspecified atom stereocenters. The molecular weight excluding hydrogens is 308 g/mol. The first-order valence-electron chi connectivity index (χ1n) is 10.0. The number of carbonyl (C=O) groups is 1. The number of nitrogens with one attached hydrogen (secondary N) is 2. The van der Waals surface area contributed by atoms with E-state index in [0.717, 1.165) is 35.7 Å². The highest BCUT2D eigenvalue weighted by atomic mass is 16.1. The van der Waals surface area contributed by atoms with Crippen molar-refractivity contribution in [3.05, 3.63) is 36.0 Å². The number of aromatic nitrogens is 1. The molecule has 2 fully saturated rings. The Hall–Kier alpha value is -1.77. The lowest BCUT2D eigenvalue weighted by molar-refractivity contribution is 0.0442. The number of H-pyrrole nitrogens is 1. The van der Waals surface area contributed by atoms with E-state index in [4.69, 9.17) is 0 Å². The van der Waals surface area contributed by atoms with Gasteiger partial charge in [0.15, 0.2) is 0 Å². The van der Waals surface area contributed by atoms with Crippen molar-refractivity contribution < 1.29 is 4.79 Å². The second kappa shape index (κ2) is 6.86. The maximum absolute atomic E-state index is 12.5. The average molecular weight is 338 g/mol. The van der Waals surface area contributed by atoms with Gasteiger partial charge >= 0.3 is 0 Å². The Morgan fingerprint density at radius 3 is 2.72 bits per heavy atom. The summed E-state index contributed by atoms with van der Waals surface area (Å²) in [5, 5.41) is 4.26. The normalized spacial score (nSPS) is 28.8. The van der Waals surface area contributed by atoms with E-state index < -0.39 is 0 Å². The van der Waals surface area contributed by atoms with E-state index in [1.54, 1.807) is 0 Å². The van der Waals surface area contributed by atoms with Crippen LogP contribution < -0.4 is 5.32 Å². The van der Waals surface area contributed by atoms with Crippen molar-refractivity contribution in [2.24, 2.45) is 17.3 Å². The van der Waals surface area contributed by atoms with Crippen molar-refractivity contribution >= 4 is 16.8 Å². The van der Waals surface area contributed by atoms with E-state index >= 15 is 0 Å². The molecule has 3 nitrogen and oxygen atoms in total. The van der Waals surface area contributed by atoms with E-state index in [-0.39, 0.29) is 5.91 Å². The van der Waals surface area contributed by atoms with Gasteiger partial charge in [-0.3, -0.25) is 4.79 Å². The van der Waals surface area contributed by atoms with Gasteiger partial charge in [-0.2, -0.15) is 0 Å². The van der Waals surface area contributed by atoms with Gasteiger partial charge < -0.3 is 10.3 Å². The van der Waals surface area contributed by atoms with Gasteiger partial charge in [-0.05, 0) is 55.1 Å². The first-order valence-corrected chi connectivity index (χ1v) is 10.0. The second-order valence-electron chi connectivity index (χ2n) is 8.44. The van der Waals surface area contributed by atoms with Gasteiger partial charge in [-0.15, -0.1) is 0 Å². The maximum atomic E-state index is 12.5. The molecule has 0 spiro atoms. The lowest BCUT2D eigenvalue weighted by Crippen LogP contribution is -2.38. The highest BCUT2D eigenvalue weighted by molar-refractivity contribution is 5.97. The Balaban J connectivity index is 1.36. The Morgan fingerprint density at radius 1 is 1.24 bits per heavy atom. The van der Waals surface area contributed by atoms with Crippen LogP contribution in [0.5, 0.6) is 0 Å². The minimum Gasteiger partial charge on any atom is -0.351 e. The molecular formula is C22H30N2O. The third-order valence-corrected chi connectivity index (χ3v) is 6.80. The van der Waals surface area contributed by atoms with Crippen molar-refractivity contribution in [3.63, 3.8) is 0 Å². The molecule has 1 aromatic heterocycles. The number of fused-ring (bicyclic) bond motifs is 3. The van der Waals surface area contributed by atoms with Gasteiger partial charge in [0.1, 0.15) is 5.69 Å². The number of carbonyl (C=O) groups excluding carboxylic acids is 1. The average Bonchev–Trinajstić information content (AvgIpc) is 3.05. The van der Waals surface area contributed by atoms with Gasteiger partial charge in [0, 0.05) is 17.4 Å². The van der Waals surface area contributed by atoms with Gasteiger partial charge in [-0.1, -0.05) is 50.8 Å². The zero-order valence-corrected chi connectivity index (χ0v) is 15.3. The predicted molar refractivity (Wildman–Crippen MR) is 103 cm³/mol. The molecule has 134 valence electrons. The summed E-state index contributed by atoms with van der Waals surface area (Å²) in [7, 11) is 0. The molecule has 0 radical (unpaired) electrons. The lowest BCUT2D eigenvalue weighted by atomic mass is 9.59. The molecule has 2 aliphatic carbocycles. The van der Waals surface area contributed by atoms with Crippen molar-refractivity contribution in [2.75, 3.05) is 6.54 Å². The fourth-order valence-electron chi connectivity index (χ4n) is 5.48. The van der Waals surface area contributed by atoms with Gasteiger partial charge in [-0.25, -0.2) is 0 Å². The van der Waals surface area contributed by atoms with Crippen molar-refractivity contribution in [1.82, 2.24) is 10.3 Å². The Bertz CT molecular complexity index is 702. The number of amides is 1. The van der Waals surface area contributed by atoms with Gasteiger partial charge in [0.25, 0.3) is 5.91 Å². The minimum atomic E-state index is 0.0263. The molecule has 1 aromatic carbocycles. The maximum Gasteiger partial charge on any atom is 0.267 e. The molecule has 2 bridgehead atoms. The fourth-order valence-corrected chi connectivity index (χ4v) is 5.48. The topological polar surface area (TPSA) is 44.9 Å². The summed E-state index contributed by atoms with van der Waals surface area (Å²) in [5.74, 6) is 1.91. The van der Waals surface area contributed by atoms with E-state index in [9.17, 15) is 4.79 Å². The molecule has 2 aliphatic rings. The van der Waals surface area contributed by atoms with Crippen LogP contribution in [-0.4, -0.2) is 17.4 Å². The van der Waals surface area contributed by atoms with Crippen LogP contribution in [0.2, 0.25) is 0 Å². The standard InChI is InChI=1S/C22H30N2O/c1-2-22(14-16-6-5-7-17(12-16)15-22)10-11-23-21(25)20-13-18-8-3-4-9-19(18)24-20/h3-4,8-9,13,16-17,24H,2,5-7,10-12,14-15H2,1H3,(H,23,25). The number of hydrogen-bond acceptors (Lipinski definition) is 1. The van der Waals surface area contributed by atoms with Crippen LogP contribution >= 0.6 is 0 Å². The van der Waals surface area contributed by atoms with E-state index in [2.05, 4.69) is 17.2 Å². The first-order chi connectivity index (χ1) is 12.2. The largest absolute Gasteiger partial charge is 0.351 e. The predicted octanol–water partition coefficient (Wildman–Crippen LogP) is 5.28. The quantitative estimate of drug-likeness (QED) is 0.765. The summed E-state index contributed by atoms with van der Waals surface area (Å²) in [5.41, 5.74) is 2.16. The lowest BCUT2D eigenvalue weighted by Gasteiger charge is -2.47. The summed E-state index contributed by atoms with van der Waals surface area (Å²) in [6.07, 6.45) is 10.9. The van der Waals surface area contributed by atoms with Crippen LogP contribution in [0.3, 0.4) is 0 Å². The van der Waals surface area contributed by atoms with Crippen LogP contribution in [-0.2, 0) is 0 Å². The van der Waals surface area contributed by atoms with Crippen LogP contribution in [0.25, 0.3) is 10.9 Å². The summed E-state index contributed by atoms with van der Waals surface area (Å²) < 4.78 is 0. The summed E-state index contributed by atoms with van der Waals surface area (Å²) in [6, 6.07) is 9.99. The molecule has 4 rings (SSSR count). The van der Waals surface area contributed by atoms with Crippen LogP contribution in [0.15, 0.2) is 30.3 Å². The Kier molecular flexibility index (Phi) is 4.58. The van der Waals surface area contributed by atoms with E-state index in [0.29, 0.717) is 11.1 Å². The van der Waals surface area contributed by atoms with Gasteiger partial charge in [0.2, 0.25) is 0 Å². The van der Waals surface area contributed by atoms with Crippen LogP contribution in [0, 0.1) is 17.3 Å². The molecule has 1 amide bonds. The molecule has 0 aliphatic heterocycles. The van der Waals surface area contributed by atoms with Crippen LogP contribution in [0.1, 0.15) is 68.8 Å². The monoisotopic (exact) mass is 338 g/mol. The molecule has 2 aromatic rings. The zero-order valence-electron chi connectivity index (χ0n) is 15.3. The first kappa shape index (κ1) is 16.7. The third-order valence-electron chi connectivity index (χ3n) is 6.80. The van der Waals surface area contributed by atoms with Crippen molar-refractivity contribution in [3.8, 4) is 0 Å². The Morgan fingerprint density at radius 2 is 2.00 bits per heavy atom. The second-order valence-corrected chi connectivity index (χ2v) is 8.44. The summed E-state index contributed by atoms with van der Waals surface area (Å²) in [4.78, 5) is 15.7. The SMILES string of the molecule is CCC1(CCNC(=O)c2cc3ccccc3[nH]2)CC2CCCC(C2)C1. The third kappa shape index (κ3) is 3.47. The zero-order chi connectivity index (χ0) is 17.3. The molecule has 25 heavy (non-hydrogen) atoms. The molecule has 1 heterocycles. The highest BCUT2D eigenvalue weighted by Gasteiger charge is 2.40. The van der Waals surface area contributed by atoms with Crippen molar-refractivity contribution in [2.45, 2.75) is 58.3 Å². The number of rotatable bonds is 5. The Labute approximate surface area is 150 Å². The van der Waals surface area contributed by atoms with Gasteiger partial charge in [0.05, 0.1) is 0 Å². The molecule has 2 N–H and O–H groups in total. The summed E-state index contributed by atoms with van der Waals surface area (Å²) >= 11 is 0. The van der Waals surface area contributed by atoms with Crippen molar-refractivity contribution in [1.29, 1.82) is 0 Å². The van der Waals surface area contributed by atoms with Crippen LogP contribution in [0.4, 0.5) is 0 Å². The molecule has 0 saturated heterocycles. The number of benzene rings is 1. The summed E-state index contributed by atoms with van der Waals surface area (Å²) in [6.45, 7) is 3.14.